The highest BCUT2D eigenvalue weighted by molar-refractivity contribution is 7.14. The van der Waals surface area contributed by atoms with E-state index in [0.717, 1.165) is 12.1 Å². The van der Waals surface area contributed by atoms with E-state index in [0.29, 0.717) is 10.8 Å². The summed E-state index contributed by atoms with van der Waals surface area (Å²) in [7, 11) is 0. The van der Waals surface area contributed by atoms with Crippen LogP contribution < -0.4 is 4.90 Å². The monoisotopic (exact) mass is 370 g/mol. The zero-order valence-electron chi connectivity index (χ0n) is 14.5. The van der Waals surface area contributed by atoms with Crippen LogP contribution in [0, 0.1) is 0 Å². The number of carbonyl (C=O) groups is 2. The highest BCUT2D eigenvalue weighted by atomic mass is 32.1. The lowest BCUT2D eigenvalue weighted by Gasteiger charge is -2.18. The Morgan fingerprint density at radius 3 is 2.62 bits per heavy atom. The van der Waals surface area contributed by atoms with Crippen LogP contribution in [-0.2, 0) is 22.6 Å². The average Bonchev–Trinajstić information content (AvgIpc) is 3.32. The van der Waals surface area contributed by atoms with E-state index in [9.17, 15) is 9.59 Å². The minimum atomic E-state index is -0.553. The number of ether oxygens (including phenoxy) is 1. The smallest absolute Gasteiger partial charge is 0.374 e. The molecule has 2 heterocycles. The number of amides is 1. The lowest BCUT2D eigenvalue weighted by atomic mass is 10.1. The Bertz CT molecular complexity index is 885. The number of nitrogens with zero attached hydrogens (tertiary/aromatic N) is 2. The summed E-state index contributed by atoms with van der Waals surface area (Å²) >= 11 is 1.32. The standard InChI is InChI=1S/C19H18N2O4S/c1-3-14-6-8-16(9-7-14)21(13(2)22)19-20-15(12-26-19)11-25-18(23)17-5-4-10-24-17/h4-10,12H,3,11H2,1-2H3. The lowest BCUT2D eigenvalue weighted by molar-refractivity contribution is -0.115. The molecule has 0 atom stereocenters. The van der Waals surface area contributed by atoms with Crippen molar-refractivity contribution in [2.24, 2.45) is 0 Å². The van der Waals surface area contributed by atoms with Gasteiger partial charge in [-0.15, -0.1) is 11.3 Å². The van der Waals surface area contributed by atoms with Gasteiger partial charge in [0, 0.05) is 12.3 Å². The average molecular weight is 370 g/mol. The predicted octanol–water partition coefficient (Wildman–Crippen LogP) is 4.34. The fourth-order valence-electron chi connectivity index (χ4n) is 2.38. The Kier molecular flexibility index (Phi) is 5.48. The molecule has 6 nitrogen and oxygen atoms in total. The van der Waals surface area contributed by atoms with E-state index in [1.54, 1.807) is 16.3 Å². The van der Waals surface area contributed by atoms with Crippen LogP contribution in [0.25, 0.3) is 0 Å². The van der Waals surface area contributed by atoms with Gasteiger partial charge in [0.2, 0.25) is 11.7 Å². The molecule has 26 heavy (non-hydrogen) atoms. The van der Waals surface area contributed by atoms with Crippen LogP contribution in [0.1, 0.15) is 35.7 Å². The molecule has 0 aliphatic rings. The quantitative estimate of drug-likeness (QED) is 0.604. The number of hydrogen-bond acceptors (Lipinski definition) is 6. The van der Waals surface area contributed by atoms with Crippen LogP contribution in [0.15, 0.2) is 52.5 Å². The van der Waals surface area contributed by atoms with Crippen LogP contribution in [0.2, 0.25) is 0 Å². The molecule has 0 aliphatic carbocycles. The highest BCUT2D eigenvalue weighted by Crippen LogP contribution is 2.29. The van der Waals surface area contributed by atoms with Crippen molar-refractivity contribution in [2.45, 2.75) is 26.9 Å². The van der Waals surface area contributed by atoms with Crippen molar-refractivity contribution in [3.8, 4) is 0 Å². The van der Waals surface area contributed by atoms with Crippen molar-refractivity contribution in [1.82, 2.24) is 4.98 Å². The van der Waals surface area contributed by atoms with Gasteiger partial charge in [0.25, 0.3) is 0 Å². The molecule has 1 aromatic carbocycles. The van der Waals surface area contributed by atoms with Crippen molar-refractivity contribution >= 4 is 34.0 Å². The number of thiazole rings is 1. The number of aryl methyl sites for hydroxylation is 1. The van der Waals surface area contributed by atoms with E-state index in [1.807, 2.05) is 24.3 Å². The van der Waals surface area contributed by atoms with Crippen LogP contribution in [-0.4, -0.2) is 16.9 Å². The summed E-state index contributed by atoms with van der Waals surface area (Å²) in [6.45, 7) is 3.58. The first-order valence-electron chi connectivity index (χ1n) is 8.13. The molecule has 0 unspecified atom stereocenters. The van der Waals surface area contributed by atoms with Gasteiger partial charge < -0.3 is 9.15 Å². The number of aromatic nitrogens is 1. The maximum Gasteiger partial charge on any atom is 0.374 e. The van der Waals surface area contributed by atoms with E-state index in [1.165, 1.54) is 36.2 Å². The first-order valence-corrected chi connectivity index (χ1v) is 9.01. The molecule has 3 aromatic rings. The molecule has 134 valence electrons. The van der Waals surface area contributed by atoms with Crippen molar-refractivity contribution in [3.05, 3.63) is 65.1 Å². The topological polar surface area (TPSA) is 72.6 Å². The fourth-order valence-corrected chi connectivity index (χ4v) is 3.25. The molecule has 7 heteroatoms. The minimum Gasteiger partial charge on any atom is -0.457 e. The van der Waals surface area contributed by atoms with Crippen LogP contribution >= 0.6 is 11.3 Å². The number of anilines is 2. The van der Waals surface area contributed by atoms with Crippen LogP contribution in [0.5, 0.6) is 0 Å². The third-order valence-corrected chi connectivity index (χ3v) is 4.60. The molecule has 0 aliphatic heterocycles. The van der Waals surface area contributed by atoms with Gasteiger partial charge in [-0.05, 0) is 36.2 Å². The third-order valence-electron chi connectivity index (χ3n) is 3.72. The largest absolute Gasteiger partial charge is 0.457 e. The van der Waals surface area contributed by atoms with Gasteiger partial charge in [-0.25, -0.2) is 9.78 Å². The molecule has 0 radical (unpaired) electrons. The molecule has 1 amide bonds. The number of carbonyl (C=O) groups excluding carboxylic acids is 2. The highest BCUT2D eigenvalue weighted by Gasteiger charge is 2.19. The molecular formula is C19H18N2O4S. The molecule has 0 bridgehead atoms. The number of esters is 1. The van der Waals surface area contributed by atoms with Gasteiger partial charge in [-0.1, -0.05) is 19.1 Å². The Morgan fingerprint density at radius 2 is 2.00 bits per heavy atom. The zero-order chi connectivity index (χ0) is 18.5. The molecule has 0 saturated carbocycles. The summed E-state index contributed by atoms with van der Waals surface area (Å²) in [6.07, 6.45) is 2.34. The SMILES string of the molecule is CCc1ccc(N(C(C)=O)c2nc(COC(=O)c3ccco3)cs2)cc1. The van der Waals surface area contributed by atoms with E-state index in [4.69, 9.17) is 9.15 Å². The summed E-state index contributed by atoms with van der Waals surface area (Å²) < 4.78 is 10.2. The molecular weight excluding hydrogens is 352 g/mol. The second kappa shape index (κ2) is 7.97. The summed E-state index contributed by atoms with van der Waals surface area (Å²) in [5.74, 6) is -0.548. The molecule has 0 spiro atoms. The van der Waals surface area contributed by atoms with E-state index < -0.39 is 5.97 Å². The van der Waals surface area contributed by atoms with Crippen LogP contribution in [0.3, 0.4) is 0 Å². The summed E-state index contributed by atoms with van der Waals surface area (Å²) in [4.78, 5) is 29.9. The Hall–Kier alpha value is -2.93. The van der Waals surface area contributed by atoms with Gasteiger partial charge in [-0.2, -0.15) is 0 Å². The van der Waals surface area contributed by atoms with Gasteiger partial charge in [0.1, 0.15) is 6.61 Å². The number of hydrogen-bond donors (Lipinski definition) is 0. The van der Waals surface area contributed by atoms with Crippen molar-refractivity contribution in [3.63, 3.8) is 0 Å². The number of furan rings is 1. The zero-order valence-corrected chi connectivity index (χ0v) is 15.3. The maximum atomic E-state index is 12.1. The van der Waals surface area contributed by atoms with Crippen molar-refractivity contribution in [2.75, 3.05) is 4.90 Å². The second-order valence-electron chi connectivity index (χ2n) is 5.55. The van der Waals surface area contributed by atoms with Crippen molar-refractivity contribution < 1.29 is 18.7 Å². The Morgan fingerprint density at radius 1 is 1.23 bits per heavy atom. The van der Waals surface area contributed by atoms with E-state index >= 15 is 0 Å². The number of rotatable bonds is 6. The molecule has 3 rings (SSSR count). The summed E-state index contributed by atoms with van der Waals surface area (Å²) in [5, 5.41) is 2.30. The van der Waals surface area contributed by atoms with Crippen LogP contribution in [0.4, 0.5) is 10.8 Å². The first-order chi connectivity index (χ1) is 12.6. The summed E-state index contributed by atoms with van der Waals surface area (Å²) in [6, 6.07) is 10.9. The molecule has 2 aromatic heterocycles. The number of benzene rings is 1. The third kappa shape index (κ3) is 4.00. The Balaban J connectivity index is 1.73. The first kappa shape index (κ1) is 17.9. The van der Waals surface area contributed by atoms with Gasteiger partial charge in [0.15, 0.2) is 5.13 Å². The normalized spacial score (nSPS) is 10.5. The molecule has 0 saturated heterocycles. The maximum absolute atomic E-state index is 12.1. The van der Waals surface area contributed by atoms with Gasteiger partial charge in [-0.3, -0.25) is 9.69 Å². The Labute approximate surface area is 155 Å². The van der Waals surface area contributed by atoms with Crippen molar-refractivity contribution in [1.29, 1.82) is 0 Å². The van der Waals surface area contributed by atoms with E-state index in [-0.39, 0.29) is 18.3 Å². The minimum absolute atomic E-state index is 0.0105. The summed E-state index contributed by atoms with van der Waals surface area (Å²) in [5.41, 5.74) is 2.52. The van der Waals surface area contributed by atoms with Gasteiger partial charge >= 0.3 is 5.97 Å². The lowest BCUT2D eigenvalue weighted by Crippen LogP contribution is -2.22. The predicted molar refractivity (Wildman–Crippen MR) is 98.6 cm³/mol. The molecule has 0 N–H and O–H groups in total. The van der Waals surface area contributed by atoms with E-state index in [2.05, 4.69) is 11.9 Å². The fraction of sp³-hybridized carbons (Fsp3) is 0.211. The van der Waals surface area contributed by atoms with Gasteiger partial charge in [0.05, 0.1) is 17.6 Å². The second-order valence-corrected chi connectivity index (χ2v) is 6.39. The molecule has 0 fully saturated rings.